The van der Waals surface area contributed by atoms with E-state index in [0.717, 1.165) is 17.5 Å². The second-order valence-corrected chi connectivity index (χ2v) is 8.18. The van der Waals surface area contributed by atoms with E-state index in [1.807, 2.05) is 0 Å². The van der Waals surface area contributed by atoms with Gasteiger partial charge in [-0.15, -0.1) is 0 Å². The van der Waals surface area contributed by atoms with Crippen molar-refractivity contribution in [3.8, 4) is 17.2 Å². The molecule has 8 heteroatoms. The van der Waals surface area contributed by atoms with Crippen LogP contribution in [0.1, 0.15) is 24.5 Å². The Balaban J connectivity index is 1.58. The maximum atomic E-state index is 11.9. The van der Waals surface area contributed by atoms with E-state index in [0.29, 0.717) is 30.3 Å². The molecule has 1 aromatic carbocycles. The molecule has 7 atom stereocenters. The Morgan fingerprint density at radius 3 is 2.93 bits per heavy atom. The summed E-state index contributed by atoms with van der Waals surface area (Å²) in [4.78, 5) is 14.3. The zero-order valence-electron chi connectivity index (χ0n) is 16.1. The van der Waals surface area contributed by atoms with Gasteiger partial charge in [0.25, 0.3) is 0 Å². The SMILES string of the molecule is COc1c2c(cc3c1OCO3)[C@@]13[C@H](OC(C)=O)CN(C2)[C@@H]1C[C@@H](OC)[C@@H]1O[C@@H]13. The number of carbonyl (C=O) groups is 1. The van der Waals surface area contributed by atoms with Crippen molar-refractivity contribution < 1.29 is 33.2 Å². The van der Waals surface area contributed by atoms with E-state index in [1.165, 1.54) is 6.92 Å². The molecule has 4 heterocycles. The Labute approximate surface area is 162 Å². The van der Waals surface area contributed by atoms with Crippen LogP contribution in [0.3, 0.4) is 0 Å². The molecule has 1 saturated carbocycles. The van der Waals surface area contributed by atoms with E-state index in [1.54, 1.807) is 14.2 Å². The zero-order chi connectivity index (χ0) is 19.2. The maximum Gasteiger partial charge on any atom is 0.302 e. The van der Waals surface area contributed by atoms with Gasteiger partial charge in [0.2, 0.25) is 12.5 Å². The van der Waals surface area contributed by atoms with Crippen LogP contribution < -0.4 is 14.2 Å². The molecular weight excluding hydrogens is 366 g/mol. The third-order valence-corrected chi connectivity index (χ3v) is 7.11. The van der Waals surface area contributed by atoms with Crippen LogP contribution in [0.2, 0.25) is 0 Å². The molecule has 0 spiro atoms. The summed E-state index contributed by atoms with van der Waals surface area (Å²) in [6, 6.07) is 2.22. The highest BCUT2D eigenvalue weighted by atomic mass is 16.7. The number of methoxy groups -OCH3 is 2. The van der Waals surface area contributed by atoms with Gasteiger partial charge in [-0.1, -0.05) is 0 Å². The second-order valence-electron chi connectivity index (χ2n) is 8.18. The highest BCUT2D eigenvalue weighted by Gasteiger charge is 2.75. The molecule has 2 saturated heterocycles. The summed E-state index contributed by atoms with van der Waals surface area (Å²) in [6.07, 6.45) is 0.565. The highest BCUT2D eigenvalue weighted by molar-refractivity contribution is 5.68. The van der Waals surface area contributed by atoms with Crippen molar-refractivity contribution in [2.75, 3.05) is 27.6 Å². The molecule has 0 aromatic heterocycles. The zero-order valence-corrected chi connectivity index (χ0v) is 16.1. The average molecular weight is 389 g/mol. The summed E-state index contributed by atoms with van der Waals surface area (Å²) >= 11 is 0. The normalized spacial score (nSPS) is 41.0. The minimum absolute atomic E-state index is 0.0154. The van der Waals surface area contributed by atoms with Crippen LogP contribution in [0, 0.1) is 0 Å². The number of esters is 1. The number of carbonyl (C=O) groups excluding carboxylic acids is 1. The monoisotopic (exact) mass is 389 g/mol. The largest absolute Gasteiger partial charge is 0.492 e. The molecule has 4 aliphatic heterocycles. The van der Waals surface area contributed by atoms with E-state index in [9.17, 15) is 4.79 Å². The smallest absolute Gasteiger partial charge is 0.302 e. The summed E-state index contributed by atoms with van der Waals surface area (Å²) in [5, 5.41) is 0. The van der Waals surface area contributed by atoms with Crippen LogP contribution in [-0.2, 0) is 31.0 Å². The number of hydrogen-bond acceptors (Lipinski definition) is 8. The van der Waals surface area contributed by atoms with Gasteiger partial charge in [0.05, 0.1) is 18.6 Å². The molecule has 5 aliphatic rings. The van der Waals surface area contributed by atoms with Crippen molar-refractivity contribution in [2.45, 2.75) is 55.8 Å². The molecule has 0 radical (unpaired) electrons. The van der Waals surface area contributed by atoms with E-state index in [-0.39, 0.29) is 43.2 Å². The van der Waals surface area contributed by atoms with Gasteiger partial charge >= 0.3 is 5.97 Å². The summed E-state index contributed by atoms with van der Waals surface area (Å²) in [7, 11) is 3.39. The third kappa shape index (κ3) is 1.88. The minimum Gasteiger partial charge on any atom is -0.492 e. The van der Waals surface area contributed by atoms with Crippen LogP contribution in [0.4, 0.5) is 0 Å². The minimum atomic E-state index is -0.451. The predicted octanol–water partition coefficient (Wildman–Crippen LogP) is 0.977. The van der Waals surface area contributed by atoms with Crippen LogP contribution in [0.15, 0.2) is 6.07 Å². The van der Waals surface area contributed by atoms with Crippen molar-refractivity contribution in [3.63, 3.8) is 0 Å². The molecule has 1 aromatic rings. The first-order chi connectivity index (χ1) is 13.6. The quantitative estimate of drug-likeness (QED) is 0.559. The van der Waals surface area contributed by atoms with Gasteiger partial charge in [0, 0.05) is 38.7 Å². The van der Waals surface area contributed by atoms with E-state index in [2.05, 4.69) is 11.0 Å². The number of hydrogen-bond donors (Lipinski definition) is 0. The third-order valence-electron chi connectivity index (χ3n) is 7.11. The molecule has 3 fully saturated rings. The van der Waals surface area contributed by atoms with Crippen molar-refractivity contribution in [2.24, 2.45) is 0 Å². The molecule has 6 rings (SSSR count). The Bertz CT molecular complexity index is 873. The maximum absolute atomic E-state index is 11.9. The van der Waals surface area contributed by atoms with Crippen molar-refractivity contribution in [1.82, 2.24) is 4.90 Å². The fourth-order valence-electron chi connectivity index (χ4n) is 6.13. The van der Waals surface area contributed by atoms with Gasteiger partial charge in [0.15, 0.2) is 11.5 Å². The predicted molar refractivity (Wildman–Crippen MR) is 94.6 cm³/mol. The lowest BCUT2D eigenvalue weighted by molar-refractivity contribution is -0.149. The fourth-order valence-corrected chi connectivity index (χ4v) is 6.13. The molecule has 1 aliphatic carbocycles. The number of nitrogens with zero attached hydrogens (tertiary/aromatic N) is 1. The lowest BCUT2D eigenvalue weighted by atomic mass is 9.61. The van der Waals surface area contributed by atoms with E-state index in [4.69, 9.17) is 28.4 Å². The Hall–Kier alpha value is -2.03. The number of benzene rings is 1. The van der Waals surface area contributed by atoms with Crippen molar-refractivity contribution in [1.29, 1.82) is 0 Å². The number of rotatable bonds is 3. The number of fused-ring (bicyclic) bond motifs is 3. The molecule has 1 unspecified atom stereocenters. The first kappa shape index (κ1) is 16.9. The van der Waals surface area contributed by atoms with Gasteiger partial charge < -0.3 is 28.4 Å². The molecule has 8 nitrogen and oxygen atoms in total. The Morgan fingerprint density at radius 2 is 2.18 bits per heavy atom. The van der Waals surface area contributed by atoms with E-state index >= 15 is 0 Å². The van der Waals surface area contributed by atoms with Crippen LogP contribution in [0.25, 0.3) is 0 Å². The summed E-state index contributed by atoms with van der Waals surface area (Å²) in [5.74, 6) is 1.77. The van der Waals surface area contributed by atoms with Gasteiger partial charge in [-0.3, -0.25) is 9.69 Å². The average Bonchev–Trinajstić information content (AvgIpc) is 3.29. The molecule has 0 amide bonds. The lowest BCUT2D eigenvalue weighted by Crippen LogP contribution is -2.59. The Morgan fingerprint density at radius 1 is 1.32 bits per heavy atom. The fraction of sp³-hybridized carbons (Fsp3) is 0.650. The molecule has 28 heavy (non-hydrogen) atoms. The highest BCUT2D eigenvalue weighted by Crippen LogP contribution is 2.63. The molecule has 0 N–H and O–H groups in total. The molecule has 150 valence electrons. The van der Waals surface area contributed by atoms with Gasteiger partial charge in [-0.2, -0.15) is 0 Å². The van der Waals surface area contributed by atoms with Crippen molar-refractivity contribution >= 4 is 5.97 Å². The topological polar surface area (TPSA) is 79.0 Å². The first-order valence-corrected chi connectivity index (χ1v) is 9.69. The first-order valence-electron chi connectivity index (χ1n) is 9.69. The summed E-state index contributed by atoms with van der Waals surface area (Å²) in [6.45, 7) is 3.01. The lowest BCUT2D eigenvalue weighted by Gasteiger charge is -2.47. The number of ether oxygens (including phenoxy) is 6. The standard InChI is InChI=1S/C20H23NO7/c1-9(22)27-15-7-21-6-10-11(4-13-17(16(10)24-3)26-8-25-13)20(15)14(21)5-12(23-2)18-19(20)28-18/h4,12,14-15,18-19H,5-8H2,1-3H3/t12-,14-,15-,18+,19+,20+/m1/s1. The van der Waals surface area contributed by atoms with Crippen LogP contribution in [-0.4, -0.2) is 68.9 Å². The van der Waals surface area contributed by atoms with Crippen LogP contribution in [0.5, 0.6) is 17.2 Å². The van der Waals surface area contributed by atoms with Gasteiger partial charge in [-0.25, -0.2) is 0 Å². The van der Waals surface area contributed by atoms with E-state index < -0.39 is 5.41 Å². The van der Waals surface area contributed by atoms with Crippen LogP contribution >= 0.6 is 0 Å². The molecule has 2 bridgehead atoms. The van der Waals surface area contributed by atoms with Gasteiger partial charge in [0.1, 0.15) is 18.3 Å². The summed E-state index contributed by atoms with van der Waals surface area (Å²) < 4.78 is 34.9. The Kier molecular flexibility index (Phi) is 3.33. The molecular formula is C20H23NO7. The second kappa shape index (κ2) is 5.52. The van der Waals surface area contributed by atoms with Gasteiger partial charge in [-0.05, 0) is 18.1 Å². The summed E-state index contributed by atoms with van der Waals surface area (Å²) in [5.41, 5.74) is 1.72. The number of epoxide rings is 1. The van der Waals surface area contributed by atoms with Crippen molar-refractivity contribution in [3.05, 3.63) is 17.2 Å².